The fourth-order valence-electron chi connectivity index (χ4n) is 4.82. The molecule has 2 saturated carbocycles. The summed E-state index contributed by atoms with van der Waals surface area (Å²) in [7, 11) is 0. The van der Waals surface area contributed by atoms with Crippen molar-refractivity contribution in [1.82, 2.24) is 0 Å². The van der Waals surface area contributed by atoms with Crippen LogP contribution in [-0.2, 0) is 0 Å². The number of allylic oxidation sites excluding steroid dienone is 4. The average Bonchev–Trinajstić information content (AvgIpc) is 2.23. The maximum atomic E-state index is 2.46. The Morgan fingerprint density at radius 2 is 1.59 bits per heavy atom. The van der Waals surface area contributed by atoms with E-state index in [9.17, 15) is 0 Å². The minimum atomic E-state index is 0.515. The molecule has 0 spiro atoms. The van der Waals surface area contributed by atoms with Crippen LogP contribution in [0.3, 0.4) is 0 Å². The monoisotopic (exact) mass is 232 g/mol. The third-order valence-corrected chi connectivity index (χ3v) is 4.90. The van der Waals surface area contributed by atoms with Gasteiger partial charge in [0.2, 0.25) is 0 Å². The third kappa shape index (κ3) is 2.51. The molecule has 0 aromatic rings. The van der Waals surface area contributed by atoms with Crippen molar-refractivity contribution in [2.75, 3.05) is 0 Å². The smallest absolute Gasteiger partial charge is 0.00426 e. The summed E-state index contributed by atoms with van der Waals surface area (Å²) in [6, 6.07) is 0. The van der Waals surface area contributed by atoms with Crippen LogP contribution >= 0.6 is 0 Å². The number of hydrogen-bond acceptors (Lipinski definition) is 0. The van der Waals surface area contributed by atoms with E-state index in [-0.39, 0.29) is 0 Å². The highest BCUT2D eigenvalue weighted by molar-refractivity contribution is 5.28. The quantitative estimate of drug-likeness (QED) is 0.562. The molecule has 0 saturated heterocycles. The maximum Gasteiger partial charge on any atom is -0.00426 e. The lowest BCUT2D eigenvalue weighted by atomic mass is 9.54. The first-order chi connectivity index (χ1) is 8.09. The SMILES string of the molecule is C/C=C\C(=C/C)C12CC(C)CC(CC(C)C1)C2. The number of rotatable bonds is 2. The van der Waals surface area contributed by atoms with Gasteiger partial charge in [-0.25, -0.2) is 0 Å². The third-order valence-electron chi connectivity index (χ3n) is 4.90. The van der Waals surface area contributed by atoms with Crippen molar-refractivity contribution in [3.63, 3.8) is 0 Å². The molecule has 2 unspecified atom stereocenters. The summed E-state index contributed by atoms with van der Waals surface area (Å²) in [5.74, 6) is 2.82. The van der Waals surface area contributed by atoms with Crippen LogP contribution in [0.4, 0.5) is 0 Å². The standard InChI is InChI=1S/C17H28/c1-5-7-16(6-2)17-10-13(3)8-15(12-17)9-14(4)11-17/h5-7,13-15H,8-12H2,1-4H3/b7-5-,16-6+. The Kier molecular flexibility index (Phi) is 3.80. The van der Waals surface area contributed by atoms with Gasteiger partial charge in [-0.05, 0) is 74.7 Å². The predicted molar refractivity (Wildman–Crippen MR) is 75.9 cm³/mol. The fraction of sp³-hybridized carbons (Fsp3) is 0.765. The Labute approximate surface area is 107 Å². The summed E-state index contributed by atoms with van der Waals surface area (Å²) in [6.45, 7) is 9.29. The second kappa shape index (κ2) is 5.00. The second-order valence-corrected chi connectivity index (χ2v) is 6.68. The Balaban J connectivity index is 2.31. The highest BCUT2D eigenvalue weighted by Crippen LogP contribution is 2.56. The fourth-order valence-corrected chi connectivity index (χ4v) is 4.82. The molecule has 2 bridgehead atoms. The van der Waals surface area contributed by atoms with Gasteiger partial charge in [0.05, 0.1) is 0 Å². The average molecular weight is 232 g/mol. The summed E-state index contributed by atoms with van der Waals surface area (Å²) in [5, 5.41) is 0. The summed E-state index contributed by atoms with van der Waals surface area (Å²) in [4.78, 5) is 0. The Hall–Kier alpha value is -0.520. The largest absolute Gasteiger partial charge is 0.0874 e. The number of fused-ring (bicyclic) bond motifs is 2. The van der Waals surface area contributed by atoms with E-state index in [4.69, 9.17) is 0 Å². The van der Waals surface area contributed by atoms with E-state index < -0.39 is 0 Å². The summed E-state index contributed by atoms with van der Waals surface area (Å²) >= 11 is 0. The first-order valence-electron chi connectivity index (χ1n) is 7.39. The van der Waals surface area contributed by atoms with Crippen LogP contribution in [0.2, 0.25) is 0 Å². The molecular weight excluding hydrogens is 204 g/mol. The molecule has 96 valence electrons. The van der Waals surface area contributed by atoms with E-state index >= 15 is 0 Å². The van der Waals surface area contributed by atoms with Gasteiger partial charge in [0.1, 0.15) is 0 Å². The molecule has 0 heteroatoms. The normalized spacial score (nSPS) is 43.1. The van der Waals surface area contributed by atoms with Crippen molar-refractivity contribution in [3.05, 3.63) is 23.8 Å². The van der Waals surface area contributed by atoms with Crippen molar-refractivity contribution in [1.29, 1.82) is 0 Å². The Morgan fingerprint density at radius 3 is 2.06 bits per heavy atom. The van der Waals surface area contributed by atoms with Gasteiger partial charge in [-0.2, -0.15) is 0 Å². The molecule has 0 N–H and O–H groups in total. The Bertz CT molecular complexity index is 301. The Morgan fingerprint density at radius 1 is 1.00 bits per heavy atom. The highest BCUT2D eigenvalue weighted by Gasteiger charge is 2.45. The van der Waals surface area contributed by atoms with E-state index in [1.54, 1.807) is 5.57 Å². The van der Waals surface area contributed by atoms with Crippen LogP contribution in [0.25, 0.3) is 0 Å². The van der Waals surface area contributed by atoms with Gasteiger partial charge in [0.15, 0.2) is 0 Å². The predicted octanol–water partition coefficient (Wildman–Crippen LogP) is 5.36. The topological polar surface area (TPSA) is 0 Å². The minimum absolute atomic E-state index is 0.515. The molecule has 0 heterocycles. The molecule has 17 heavy (non-hydrogen) atoms. The van der Waals surface area contributed by atoms with Gasteiger partial charge >= 0.3 is 0 Å². The van der Waals surface area contributed by atoms with Crippen molar-refractivity contribution < 1.29 is 0 Å². The molecule has 0 amide bonds. The van der Waals surface area contributed by atoms with Crippen LogP contribution in [0.5, 0.6) is 0 Å². The van der Waals surface area contributed by atoms with Gasteiger partial charge in [-0.3, -0.25) is 0 Å². The van der Waals surface area contributed by atoms with Gasteiger partial charge in [-0.15, -0.1) is 0 Å². The molecule has 2 rings (SSSR count). The summed E-state index contributed by atoms with van der Waals surface area (Å²) in [6.07, 6.45) is 14.2. The van der Waals surface area contributed by atoms with Crippen LogP contribution in [-0.4, -0.2) is 0 Å². The molecule has 2 aliphatic rings. The van der Waals surface area contributed by atoms with Crippen molar-refractivity contribution in [2.24, 2.45) is 23.2 Å². The molecule has 0 aromatic heterocycles. The zero-order valence-electron chi connectivity index (χ0n) is 12.0. The lowest BCUT2D eigenvalue weighted by molar-refractivity contribution is 0.0491. The minimum Gasteiger partial charge on any atom is -0.0874 e. The zero-order valence-corrected chi connectivity index (χ0v) is 12.0. The first kappa shape index (κ1) is 12.9. The number of hydrogen-bond donors (Lipinski definition) is 0. The van der Waals surface area contributed by atoms with E-state index in [1.807, 2.05) is 0 Å². The molecular formula is C17H28. The van der Waals surface area contributed by atoms with Crippen molar-refractivity contribution >= 4 is 0 Å². The molecule has 2 fully saturated rings. The second-order valence-electron chi connectivity index (χ2n) is 6.68. The van der Waals surface area contributed by atoms with Crippen molar-refractivity contribution in [2.45, 2.75) is 59.8 Å². The van der Waals surface area contributed by atoms with Crippen LogP contribution in [0.1, 0.15) is 59.8 Å². The molecule has 2 aliphatic carbocycles. The van der Waals surface area contributed by atoms with Crippen LogP contribution < -0.4 is 0 Å². The van der Waals surface area contributed by atoms with E-state index in [0.29, 0.717) is 5.41 Å². The first-order valence-corrected chi connectivity index (χ1v) is 7.39. The van der Waals surface area contributed by atoms with E-state index in [1.165, 1.54) is 32.1 Å². The highest BCUT2D eigenvalue weighted by atomic mass is 14.5. The molecule has 0 nitrogen and oxygen atoms in total. The molecule has 0 aromatic carbocycles. The van der Waals surface area contributed by atoms with Gasteiger partial charge < -0.3 is 0 Å². The van der Waals surface area contributed by atoms with Gasteiger partial charge in [-0.1, -0.05) is 32.1 Å². The zero-order chi connectivity index (χ0) is 12.5. The lowest BCUT2D eigenvalue weighted by Crippen LogP contribution is -2.40. The van der Waals surface area contributed by atoms with E-state index in [2.05, 4.69) is 45.9 Å². The van der Waals surface area contributed by atoms with Gasteiger partial charge in [0, 0.05) is 0 Å². The van der Waals surface area contributed by atoms with Gasteiger partial charge in [0.25, 0.3) is 0 Å². The lowest BCUT2D eigenvalue weighted by Gasteiger charge is -2.51. The summed E-state index contributed by atoms with van der Waals surface area (Å²) in [5.41, 5.74) is 2.13. The van der Waals surface area contributed by atoms with E-state index in [0.717, 1.165) is 17.8 Å². The van der Waals surface area contributed by atoms with Crippen LogP contribution in [0, 0.1) is 23.2 Å². The molecule has 0 aliphatic heterocycles. The van der Waals surface area contributed by atoms with Crippen molar-refractivity contribution in [3.8, 4) is 0 Å². The molecule has 2 atom stereocenters. The maximum absolute atomic E-state index is 2.46. The molecule has 0 radical (unpaired) electrons. The van der Waals surface area contributed by atoms with Crippen LogP contribution in [0.15, 0.2) is 23.8 Å². The summed E-state index contributed by atoms with van der Waals surface area (Å²) < 4.78 is 0.